The number of sulfone groups is 1. The summed E-state index contributed by atoms with van der Waals surface area (Å²) in [6, 6.07) is 1.93. The highest BCUT2D eigenvalue weighted by Gasteiger charge is 2.35. The molecule has 0 saturated carbocycles. The largest absolute Gasteiger partial charge is 0.311 e. The van der Waals surface area contributed by atoms with Crippen LogP contribution in [0.3, 0.4) is 0 Å². The molecule has 0 aromatic heterocycles. The molecule has 0 radical (unpaired) electrons. The summed E-state index contributed by atoms with van der Waals surface area (Å²) in [5.41, 5.74) is 0. The Kier molecular flexibility index (Phi) is 5.26. The predicted octanol–water partition coefficient (Wildman–Crippen LogP) is 1.42. The zero-order valence-electron chi connectivity index (χ0n) is 12.3. The number of hydrogen-bond donors (Lipinski definition) is 1. The maximum absolute atomic E-state index is 11.7. The zero-order chi connectivity index (χ0) is 13.9. The van der Waals surface area contributed by atoms with Crippen LogP contribution in [-0.4, -0.2) is 56.0 Å². The predicted molar refractivity (Wildman–Crippen MR) is 79.2 cm³/mol. The molecule has 0 aliphatic carbocycles. The molecule has 2 aliphatic heterocycles. The SMILES string of the molecule is CCCN(CCS(=O)(=O)CC)C1CC2CCC(C1)N2. The lowest BCUT2D eigenvalue weighted by Gasteiger charge is -2.37. The van der Waals surface area contributed by atoms with Crippen molar-refractivity contribution in [2.24, 2.45) is 0 Å². The number of hydrogen-bond acceptors (Lipinski definition) is 4. The fourth-order valence-electron chi connectivity index (χ4n) is 3.49. The van der Waals surface area contributed by atoms with Crippen LogP contribution in [0, 0.1) is 0 Å². The molecule has 5 heteroatoms. The molecule has 0 aromatic carbocycles. The summed E-state index contributed by atoms with van der Waals surface area (Å²) >= 11 is 0. The van der Waals surface area contributed by atoms with Crippen LogP contribution in [0.25, 0.3) is 0 Å². The van der Waals surface area contributed by atoms with Gasteiger partial charge in [0.2, 0.25) is 0 Å². The molecule has 4 nitrogen and oxygen atoms in total. The van der Waals surface area contributed by atoms with Crippen LogP contribution in [0.15, 0.2) is 0 Å². The molecule has 1 N–H and O–H groups in total. The second-order valence-electron chi connectivity index (χ2n) is 6.04. The molecular weight excluding hydrogens is 260 g/mol. The van der Waals surface area contributed by atoms with Gasteiger partial charge in [-0.2, -0.15) is 0 Å². The van der Waals surface area contributed by atoms with Gasteiger partial charge in [-0.1, -0.05) is 13.8 Å². The first-order valence-corrected chi connectivity index (χ1v) is 9.56. The van der Waals surface area contributed by atoms with E-state index >= 15 is 0 Å². The topological polar surface area (TPSA) is 49.4 Å². The van der Waals surface area contributed by atoms with Crippen molar-refractivity contribution in [1.29, 1.82) is 0 Å². The number of fused-ring (bicyclic) bond motifs is 2. The Hall–Kier alpha value is -0.130. The summed E-state index contributed by atoms with van der Waals surface area (Å²) in [5, 5.41) is 3.66. The van der Waals surface area contributed by atoms with Crippen molar-refractivity contribution in [3.63, 3.8) is 0 Å². The molecule has 2 rings (SSSR count). The highest BCUT2D eigenvalue weighted by Crippen LogP contribution is 2.29. The van der Waals surface area contributed by atoms with Gasteiger partial charge in [-0.3, -0.25) is 4.90 Å². The van der Waals surface area contributed by atoms with Crippen LogP contribution < -0.4 is 5.32 Å². The maximum atomic E-state index is 11.7. The fraction of sp³-hybridized carbons (Fsp3) is 1.00. The van der Waals surface area contributed by atoms with Gasteiger partial charge in [0.05, 0.1) is 5.75 Å². The normalized spacial score (nSPS) is 31.0. The van der Waals surface area contributed by atoms with E-state index in [2.05, 4.69) is 17.1 Å². The van der Waals surface area contributed by atoms with E-state index in [0.29, 0.717) is 30.4 Å². The molecule has 112 valence electrons. The molecular formula is C14H28N2O2S. The van der Waals surface area contributed by atoms with Crippen molar-refractivity contribution in [2.45, 2.75) is 64.1 Å². The summed E-state index contributed by atoms with van der Waals surface area (Å²) in [6.45, 7) is 5.67. The summed E-state index contributed by atoms with van der Waals surface area (Å²) in [5.74, 6) is 0.590. The van der Waals surface area contributed by atoms with Crippen molar-refractivity contribution >= 4 is 9.84 Å². The van der Waals surface area contributed by atoms with Crippen LogP contribution in [-0.2, 0) is 9.84 Å². The van der Waals surface area contributed by atoms with Crippen molar-refractivity contribution in [1.82, 2.24) is 10.2 Å². The zero-order valence-corrected chi connectivity index (χ0v) is 13.1. The van der Waals surface area contributed by atoms with E-state index in [1.54, 1.807) is 6.92 Å². The molecule has 19 heavy (non-hydrogen) atoms. The molecule has 2 aliphatic rings. The third-order valence-electron chi connectivity index (χ3n) is 4.60. The van der Waals surface area contributed by atoms with Gasteiger partial charge < -0.3 is 5.32 Å². The monoisotopic (exact) mass is 288 g/mol. The van der Waals surface area contributed by atoms with E-state index < -0.39 is 9.84 Å². The second-order valence-corrected chi connectivity index (χ2v) is 8.51. The summed E-state index contributed by atoms with van der Waals surface area (Å²) in [6.07, 6.45) is 6.10. The first-order chi connectivity index (χ1) is 9.04. The Morgan fingerprint density at radius 2 is 1.74 bits per heavy atom. The minimum atomic E-state index is -2.84. The fourth-order valence-corrected chi connectivity index (χ4v) is 4.29. The summed E-state index contributed by atoms with van der Waals surface area (Å²) in [7, 11) is -2.84. The van der Waals surface area contributed by atoms with Crippen LogP contribution >= 0.6 is 0 Å². The van der Waals surface area contributed by atoms with E-state index in [4.69, 9.17) is 0 Å². The Morgan fingerprint density at radius 1 is 1.11 bits per heavy atom. The molecule has 2 atom stereocenters. The van der Waals surface area contributed by atoms with Gasteiger partial charge in [-0.05, 0) is 38.6 Å². The molecule has 0 aromatic rings. The Balaban J connectivity index is 1.92. The molecule has 2 fully saturated rings. The third kappa shape index (κ3) is 4.17. The van der Waals surface area contributed by atoms with Crippen molar-refractivity contribution in [3.05, 3.63) is 0 Å². The Bertz CT molecular complexity index is 371. The Labute approximate surface area is 117 Å². The van der Waals surface area contributed by atoms with Crippen molar-refractivity contribution < 1.29 is 8.42 Å². The number of nitrogens with one attached hydrogen (secondary N) is 1. The van der Waals surface area contributed by atoms with E-state index in [1.807, 2.05) is 0 Å². The number of rotatable bonds is 7. The average molecular weight is 288 g/mol. The van der Waals surface area contributed by atoms with E-state index in [-0.39, 0.29) is 5.75 Å². The molecule has 2 unspecified atom stereocenters. The van der Waals surface area contributed by atoms with Gasteiger partial charge >= 0.3 is 0 Å². The maximum Gasteiger partial charge on any atom is 0.151 e. The number of piperidine rings is 1. The van der Waals surface area contributed by atoms with E-state index in [0.717, 1.165) is 13.0 Å². The standard InChI is InChI=1S/C14H28N2O2S/c1-3-7-16(8-9-19(17,18)4-2)14-10-12-5-6-13(11-14)15-12/h12-15H,3-11H2,1-2H3. The lowest BCUT2D eigenvalue weighted by atomic mass is 9.98. The highest BCUT2D eigenvalue weighted by molar-refractivity contribution is 7.91. The van der Waals surface area contributed by atoms with E-state index in [9.17, 15) is 8.42 Å². The second kappa shape index (κ2) is 6.55. The molecule has 0 spiro atoms. The summed E-state index contributed by atoms with van der Waals surface area (Å²) < 4.78 is 23.4. The minimum Gasteiger partial charge on any atom is -0.311 e. The molecule has 2 saturated heterocycles. The van der Waals surface area contributed by atoms with Gasteiger partial charge in [0.15, 0.2) is 9.84 Å². The first kappa shape index (κ1) is 15.3. The van der Waals surface area contributed by atoms with Crippen LogP contribution in [0.5, 0.6) is 0 Å². The van der Waals surface area contributed by atoms with Crippen molar-refractivity contribution in [2.75, 3.05) is 24.6 Å². The quantitative estimate of drug-likeness (QED) is 0.770. The van der Waals surface area contributed by atoms with Crippen LogP contribution in [0.2, 0.25) is 0 Å². The van der Waals surface area contributed by atoms with Crippen LogP contribution in [0.4, 0.5) is 0 Å². The minimum absolute atomic E-state index is 0.268. The lowest BCUT2D eigenvalue weighted by Crippen LogP contribution is -2.49. The summed E-state index contributed by atoms with van der Waals surface area (Å²) in [4.78, 5) is 2.43. The van der Waals surface area contributed by atoms with Gasteiger partial charge in [-0.15, -0.1) is 0 Å². The highest BCUT2D eigenvalue weighted by atomic mass is 32.2. The Morgan fingerprint density at radius 3 is 2.26 bits per heavy atom. The first-order valence-electron chi connectivity index (χ1n) is 7.74. The molecule has 2 heterocycles. The lowest BCUT2D eigenvalue weighted by molar-refractivity contribution is 0.149. The van der Waals surface area contributed by atoms with Crippen molar-refractivity contribution in [3.8, 4) is 0 Å². The number of nitrogens with zero attached hydrogens (tertiary/aromatic N) is 1. The van der Waals surface area contributed by atoms with Gasteiger partial charge in [0.1, 0.15) is 0 Å². The molecule has 2 bridgehead atoms. The van der Waals surface area contributed by atoms with E-state index in [1.165, 1.54) is 25.7 Å². The van der Waals surface area contributed by atoms with Gasteiger partial charge in [-0.25, -0.2) is 8.42 Å². The third-order valence-corrected chi connectivity index (χ3v) is 6.29. The van der Waals surface area contributed by atoms with Crippen LogP contribution in [0.1, 0.15) is 46.0 Å². The van der Waals surface area contributed by atoms with Gasteiger partial charge in [0, 0.05) is 30.4 Å². The van der Waals surface area contributed by atoms with Gasteiger partial charge in [0.25, 0.3) is 0 Å². The molecule has 0 amide bonds. The smallest absolute Gasteiger partial charge is 0.151 e. The average Bonchev–Trinajstić information content (AvgIpc) is 2.73.